The lowest BCUT2D eigenvalue weighted by Crippen LogP contribution is -2.12. The molecular weight excluding hydrogens is 276 g/mol. The number of nitrogens with one attached hydrogen (secondary N) is 1. The van der Waals surface area contributed by atoms with Crippen molar-refractivity contribution in [3.63, 3.8) is 0 Å². The molecule has 0 aromatic carbocycles. The van der Waals surface area contributed by atoms with Gasteiger partial charge < -0.3 is 11.1 Å². The summed E-state index contributed by atoms with van der Waals surface area (Å²) in [5, 5.41) is 3.13. The van der Waals surface area contributed by atoms with Crippen molar-refractivity contribution >= 4 is 46.0 Å². The minimum Gasteiger partial charge on any atom is -0.388 e. The van der Waals surface area contributed by atoms with Crippen LogP contribution in [0.25, 0.3) is 0 Å². The van der Waals surface area contributed by atoms with E-state index < -0.39 is 0 Å². The van der Waals surface area contributed by atoms with Gasteiger partial charge in [0.25, 0.3) is 0 Å². The van der Waals surface area contributed by atoms with E-state index in [2.05, 4.69) is 15.3 Å². The van der Waals surface area contributed by atoms with Gasteiger partial charge in [-0.15, -0.1) is 11.3 Å². The Labute approximate surface area is 113 Å². The van der Waals surface area contributed by atoms with Gasteiger partial charge in [-0.3, -0.25) is 0 Å². The Morgan fingerprint density at radius 2 is 2.24 bits per heavy atom. The molecule has 0 radical (unpaired) electrons. The van der Waals surface area contributed by atoms with Gasteiger partial charge in [-0.25, -0.2) is 9.97 Å². The van der Waals surface area contributed by atoms with Crippen LogP contribution in [0.2, 0.25) is 4.34 Å². The molecular formula is C10H9ClN4S2. The fourth-order valence-electron chi connectivity index (χ4n) is 1.17. The number of rotatable bonds is 4. The smallest absolute Gasteiger partial charge is 0.144 e. The van der Waals surface area contributed by atoms with Crippen molar-refractivity contribution in [3.05, 3.63) is 39.4 Å². The Morgan fingerprint density at radius 1 is 1.41 bits per heavy atom. The van der Waals surface area contributed by atoms with E-state index in [1.807, 2.05) is 12.1 Å². The number of thiophene rings is 1. The highest BCUT2D eigenvalue weighted by molar-refractivity contribution is 7.80. The predicted molar refractivity (Wildman–Crippen MR) is 74.6 cm³/mol. The van der Waals surface area contributed by atoms with Crippen LogP contribution >= 0.6 is 35.2 Å². The number of anilines is 1. The van der Waals surface area contributed by atoms with Crippen LogP contribution in [0, 0.1) is 0 Å². The van der Waals surface area contributed by atoms with Crippen LogP contribution in [0.15, 0.2) is 24.5 Å². The maximum atomic E-state index is 5.83. The van der Waals surface area contributed by atoms with Crippen molar-refractivity contribution in [2.45, 2.75) is 6.54 Å². The summed E-state index contributed by atoms with van der Waals surface area (Å²) in [4.78, 5) is 9.61. The molecule has 0 aliphatic heterocycles. The summed E-state index contributed by atoms with van der Waals surface area (Å²) >= 11 is 12.2. The minimum absolute atomic E-state index is 0.245. The molecule has 0 saturated heterocycles. The first kappa shape index (κ1) is 12.2. The van der Waals surface area contributed by atoms with Crippen molar-refractivity contribution in [2.75, 3.05) is 5.32 Å². The van der Waals surface area contributed by atoms with E-state index in [0.717, 1.165) is 9.21 Å². The molecule has 0 bridgehead atoms. The maximum absolute atomic E-state index is 5.83. The van der Waals surface area contributed by atoms with E-state index in [4.69, 9.17) is 29.6 Å². The third-order valence-electron chi connectivity index (χ3n) is 1.98. The average Bonchev–Trinajstić information content (AvgIpc) is 2.73. The molecule has 2 rings (SSSR count). The van der Waals surface area contributed by atoms with Crippen LogP contribution in [-0.2, 0) is 6.54 Å². The Bertz CT molecular complexity index is 523. The predicted octanol–water partition coefficient (Wildman–Crippen LogP) is 2.44. The monoisotopic (exact) mass is 284 g/mol. The summed E-state index contributed by atoms with van der Waals surface area (Å²) in [6.45, 7) is 0.665. The maximum Gasteiger partial charge on any atom is 0.144 e. The number of thiocarbonyl (C=S) groups is 1. The van der Waals surface area contributed by atoms with E-state index in [0.29, 0.717) is 18.1 Å². The number of hydrogen-bond donors (Lipinski definition) is 2. The molecule has 3 N–H and O–H groups in total. The normalized spacial score (nSPS) is 10.2. The van der Waals surface area contributed by atoms with E-state index >= 15 is 0 Å². The molecule has 2 heterocycles. The van der Waals surface area contributed by atoms with Crippen molar-refractivity contribution in [1.82, 2.24) is 9.97 Å². The van der Waals surface area contributed by atoms with Gasteiger partial charge in [0, 0.05) is 4.88 Å². The third-order valence-corrected chi connectivity index (χ3v) is 3.42. The molecule has 0 saturated carbocycles. The molecule has 4 nitrogen and oxygen atoms in total. The van der Waals surface area contributed by atoms with Crippen LogP contribution in [-0.4, -0.2) is 15.0 Å². The van der Waals surface area contributed by atoms with Crippen LogP contribution in [0.5, 0.6) is 0 Å². The van der Waals surface area contributed by atoms with Gasteiger partial charge in [0.1, 0.15) is 16.5 Å². The van der Waals surface area contributed by atoms with Gasteiger partial charge in [-0.05, 0) is 12.1 Å². The summed E-state index contributed by atoms with van der Waals surface area (Å²) in [5.74, 6) is 0.675. The quantitative estimate of drug-likeness (QED) is 0.845. The van der Waals surface area contributed by atoms with Gasteiger partial charge in [-0.2, -0.15) is 0 Å². The van der Waals surface area contributed by atoms with Crippen molar-refractivity contribution < 1.29 is 0 Å². The lowest BCUT2D eigenvalue weighted by Gasteiger charge is -2.03. The molecule has 0 aliphatic rings. The molecule has 2 aromatic heterocycles. The second-order valence-corrected chi connectivity index (χ2v) is 5.45. The van der Waals surface area contributed by atoms with E-state index in [-0.39, 0.29) is 4.99 Å². The summed E-state index contributed by atoms with van der Waals surface area (Å²) in [6, 6.07) is 3.83. The zero-order valence-electron chi connectivity index (χ0n) is 8.68. The Balaban J connectivity index is 1.97. The molecule has 0 unspecified atom stereocenters. The Hall–Kier alpha value is -1.24. The molecule has 0 fully saturated rings. The van der Waals surface area contributed by atoms with Gasteiger partial charge in [0.15, 0.2) is 0 Å². The van der Waals surface area contributed by atoms with Gasteiger partial charge in [-0.1, -0.05) is 23.8 Å². The first-order valence-corrected chi connectivity index (χ1v) is 6.35. The van der Waals surface area contributed by atoms with Crippen LogP contribution in [0.1, 0.15) is 10.6 Å². The van der Waals surface area contributed by atoms with E-state index in [1.54, 1.807) is 12.4 Å². The van der Waals surface area contributed by atoms with Crippen LogP contribution in [0.4, 0.5) is 5.82 Å². The number of nitrogens with zero attached hydrogens (tertiary/aromatic N) is 2. The summed E-state index contributed by atoms with van der Waals surface area (Å²) < 4.78 is 0.775. The standard InChI is InChI=1S/C10H9ClN4S2/c11-8-2-1-6(17-8)3-14-9-5-13-7(4-15-9)10(12)16/h1-2,4-5H,3H2,(H2,12,16)(H,14,15). The van der Waals surface area contributed by atoms with Crippen molar-refractivity contribution in [3.8, 4) is 0 Å². The molecule has 88 valence electrons. The molecule has 0 aliphatic carbocycles. The number of aromatic nitrogens is 2. The lowest BCUT2D eigenvalue weighted by molar-refractivity contribution is 1.10. The largest absolute Gasteiger partial charge is 0.388 e. The Morgan fingerprint density at radius 3 is 2.76 bits per heavy atom. The zero-order chi connectivity index (χ0) is 12.3. The third kappa shape index (κ3) is 3.36. The van der Waals surface area contributed by atoms with E-state index in [9.17, 15) is 0 Å². The molecule has 0 atom stereocenters. The zero-order valence-corrected chi connectivity index (χ0v) is 11.1. The SMILES string of the molecule is NC(=S)c1cnc(NCc2ccc(Cl)s2)cn1. The molecule has 7 heteroatoms. The number of hydrogen-bond acceptors (Lipinski definition) is 5. The van der Waals surface area contributed by atoms with Gasteiger partial charge >= 0.3 is 0 Å². The van der Waals surface area contributed by atoms with Gasteiger partial charge in [0.05, 0.1) is 23.3 Å². The molecule has 2 aromatic rings. The average molecular weight is 285 g/mol. The lowest BCUT2D eigenvalue weighted by atomic mass is 10.4. The van der Waals surface area contributed by atoms with E-state index in [1.165, 1.54) is 11.3 Å². The van der Waals surface area contributed by atoms with Crippen molar-refractivity contribution in [1.29, 1.82) is 0 Å². The fraction of sp³-hybridized carbons (Fsp3) is 0.100. The number of halogens is 1. The summed E-state index contributed by atoms with van der Waals surface area (Å²) in [6.07, 6.45) is 3.15. The topological polar surface area (TPSA) is 63.8 Å². The van der Waals surface area contributed by atoms with Crippen LogP contribution in [0.3, 0.4) is 0 Å². The molecule has 0 amide bonds. The highest BCUT2D eigenvalue weighted by Gasteiger charge is 2.01. The fourth-order valence-corrected chi connectivity index (χ4v) is 2.30. The first-order valence-electron chi connectivity index (χ1n) is 4.75. The number of nitrogens with two attached hydrogens (primary N) is 1. The van der Waals surface area contributed by atoms with Crippen molar-refractivity contribution in [2.24, 2.45) is 5.73 Å². The highest BCUT2D eigenvalue weighted by atomic mass is 35.5. The Kier molecular flexibility index (Phi) is 3.88. The highest BCUT2D eigenvalue weighted by Crippen LogP contribution is 2.21. The van der Waals surface area contributed by atoms with Crippen LogP contribution < -0.4 is 11.1 Å². The molecule has 0 spiro atoms. The molecule has 17 heavy (non-hydrogen) atoms. The first-order chi connectivity index (χ1) is 8.15. The summed E-state index contributed by atoms with van der Waals surface area (Å²) in [5.41, 5.74) is 5.95. The second-order valence-electron chi connectivity index (χ2n) is 3.21. The van der Waals surface area contributed by atoms with Gasteiger partial charge in [0.2, 0.25) is 0 Å². The summed E-state index contributed by atoms with van der Waals surface area (Å²) in [7, 11) is 0. The second kappa shape index (κ2) is 5.39. The minimum atomic E-state index is 0.245.